The average Bonchev–Trinajstić information content (AvgIpc) is 2.99. The second-order valence-electron chi connectivity index (χ2n) is 5.09. The molecule has 0 spiro atoms. The zero-order valence-electron chi connectivity index (χ0n) is 13.5. The fraction of sp³-hybridized carbons (Fsp3) is 0.412. The second-order valence-corrected chi connectivity index (χ2v) is 6.16. The van der Waals surface area contributed by atoms with Gasteiger partial charge in [0, 0.05) is 24.6 Å². The second kappa shape index (κ2) is 9.39. The first kappa shape index (κ1) is 17.6. The van der Waals surface area contributed by atoms with Crippen LogP contribution in [0.2, 0.25) is 0 Å². The van der Waals surface area contributed by atoms with Gasteiger partial charge in [0.1, 0.15) is 6.61 Å². The number of aromatic nitrogens is 1. The number of carbonyl (C=O) groups is 1. The highest BCUT2D eigenvalue weighted by molar-refractivity contribution is 7.09. The van der Waals surface area contributed by atoms with Gasteiger partial charge in [-0.25, -0.2) is 4.98 Å². The summed E-state index contributed by atoms with van der Waals surface area (Å²) in [6.07, 6.45) is 0.792. The number of hydrogen-bond donors (Lipinski definition) is 1. The predicted octanol–water partition coefficient (Wildman–Crippen LogP) is 2.44. The lowest BCUT2D eigenvalue weighted by molar-refractivity contribution is -0.126. The molecule has 1 aromatic carbocycles. The number of carbonyl (C=O) groups excluding carboxylic acids is 1. The minimum atomic E-state index is -0.101. The van der Waals surface area contributed by atoms with Gasteiger partial charge in [-0.15, -0.1) is 11.3 Å². The number of aryl methyl sites for hydroxylation is 1. The fourth-order valence-corrected chi connectivity index (χ4v) is 2.66. The highest BCUT2D eigenvalue weighted by Gasteiger charge is 2.03. The molecule has 0 fully saturated rings. The summed E-state index contributed by atoms with van der Waals surface area (Å²) in [6.45, 7) is 3.61. The van der Waals surface area contributed by atoms with Crippen molar-refractivity contribution in [2.24, 2.45) is 0 Å². The first-order valence-corrected chi connectivity index (χ1v) is 8.42. The van der Waals surface area contributed by atoms with E-state index >= 15 is 0 Å². The zero-order chi connectivity index (χ0) is 16.5. The van der Waals surface area contributed by atoms with Crippen LogP contribution in [0.25, 0.3) is 11.3 Å². The number of nitrogens with zero attached hydrogens (tertiary/aromatic N) is 1. The van der Waals surface area contributed by atoms with Crippen LogP contribution in [-0.4, -0.2) is 44.4 Å². The van der Waals surface area contributed by atoms with Crippen molar-refractivity contribution >= 4 is 17.2 Å². The van der Waals surface area contributed by atoms with Crippen molar-refractivity contribution in [3.8, 4) is 11.3 Å². The maximum atomic E-state index is 11.6. The molecule has 0 aliphatic rings. The monoisotopic (exact) mass is 334 g/mol. The molecule has 0 radical (unpaired) electrons. The molecule has 0 bridgehead atoms. The minimum Gasteiger partial charge on any atom is -0.382 e. The van der Waals surface area contributed by atoms with Crippen LogP contribution in [0.3, 0.4) is 0 Å². The van der Waals surface area contributed by atoms with Crippen molar-refractivity contribution in [2.45, 2.75) is 13.3 Å². The van der Waals surface area contributed by atoms with Crippen molar-refractivity contribution in [3.63, 3.8) is 0 Å². The Balaban J connectivity index is 1.71. The van der Waals surface area contributed by atoms with E-state index in [-0.39, 0.29) is 12.5 Å². The first-order chi connectivity index (χ1) is 11.2. The van der Waals surface area contributed by atoms with E-state index in [0.29, 0.717) is 19.8 Å². The van der Waals surface area contributed by atoms with E-state index in [1.807, 2.05) is 6.92 Å². The molecule has 23 heavy (non-hydrogen) atoms. The summed E-state index contributed by atoms with van der Waals surface area (Å²) in [5.74, 6) is -0.101. The number of amides is 1. The van der Waals surface area contributed by atoms with Crippen LogP contribution < -0.4 is 5.32 Å². The number of nitrogens with one attached hydrogen (secondary N) is 1. The average molecular weight is 334 g/mol. The first-order valence-electron chi connectivity index (χ1n) is 7.54. The molecule has 0 saturated carbocycles. The van der Waals surface area contributed by atoms with Crippen molar-refractivity contribution in [1.82, 2.24) is 10.3 Å². The van der Waals surface area contributed by atoms with Gasteiger partial charge >= 0.3 is 0 Å². The van der Waals surface area contributed by atoms with Crippen LogP contribution in [-0.2, 0) is 20.7 Å². The number of thiazole rings is 1. The lowest BCUT2D eigenvalue weighted by Gasteiger charge is -2.06. The molecule has 0 saturated heterocycles. The third kappa shape index (κ3) is 6.09. The largest absolute Gasteiger partial charge is 0.382 e. The lowest BCUT2D eigenvalue weighted by atomic mass is 10.1. The summed E-state index contributed by atoms with van der Waals surface area (Å²) in [5, 5.41) is 5.97. The highest BCUT2D eigenvalue weighted by atomic mass is 32.1. The Kier molecular flexibility index (Phi) is 7.19. The van der Waals surface area contributed by atoms with E-state index in [1.54, 1.807) is 18.4 Å². The topological polar surface area (TPSA) is 60.5 Å². The maximum absolute atomic E-state index is 11.6. The van der Waals surface area contributed by atoms with Gasteiger partial charge in [-0.05, 0) is 18.9 Å². The smallest absolute Gasteiger partial charge is 0.246 e. The molecule has 2 aromatic rings. The van der Waals surface area contributed by atoms with Gasteiger partial charge < -0.3 is 14.8 Å². The van der Waals surface area contributed by atoms with Gasteiger partial charge in [0.15, 0.2) is 0 Å². The summed E-state index contributed by atoms with van der Waals surface area (Å²) in [6, 6.07) is 8.29. The van der Waals surface area contributed by atoms with Gasteiger partial charge in [-0.1, -0.05) is 24.3 Å². The Morgan fingerprint density at radius 2 is 2.04 bits per heavy atom. The molecular formula is C17H22N2O3S. The summed E-state index contributed by atoms with van der Waals surface area (Å²) in [5.41, 5.74) is 3.32. The van der Waals surface area contributed by atoms with Crippen LogP contribution >= 0.6 is 11.3 Å². The summed E-state index contributed by atoms with van der Waals surface area (Å²) < 4.78 is 10.0. The summed E-state index contributed by atoms with van der Waals surface area (Å²) in [4.78, 5) is 16.0. The van der Waals surface area contributed by atoms with Crippen molar-refractivity contribution in [2.75, 3.05) is 33.5 Å². The van der Waals surface area contributed by atoms with E-state index in [0.717, 1.165) is 22.7 Å². The van der Waals surface area contributed by atoms with Gasteiger partial charge in [0.25, 0.3) is 0 Å². The summed E-state index contributed by atoms with van der Waals surface area (Å²) in [7, 11) is 1.60. The summed E-state index contributed by atoms with van der Waals surface area (Å²) >= 11 is 1.65. The molecule has 2 rings (SSSR count). The van der Waals surface area contributed by atoms with E-state index in [1.165, 1.54) is 5.56 Å². The maximum Gasteiger partial charge on any atom is 0.246 e. The number of ether oxygens (including phenoxy) is 2. The third-order valence-corrected chi connectivity index (χ3v) is 4.04. The van der Waals surface area contributed by atoms with Crippen LogP contribution in [0.1, 0.15) is 10.6 Å². The Labute approximate surface area is 140 Å². The number of rotatable bonds is 9. The molecule has 1 amide bonds. The molecule has 0 unspecified atom stereocenters. The van der Waals surface area contributed by atoms with Crippen molar-refractivity contribution in [3.05, 3.63) is 40.2 Å². The molecule has 5 nitrogen and oxygen atoms in total. The Bertz CT molecular complexity index is 611. The molecule has 1 N–H and O–H groups in total. The quantitative estimate of drug-likeness (QED) is 0.716. The number of methoxy groups -OCH3 is 1. The van der Waals surface area contributed by atoms with Crippen molar-refractivity contribution < 1.29 is 14.3 Å². The Hall–Kier alpha value is -1.76. The number of benzene rings is 1. The highest BCUT2D eigenvalue weighted by Crippen LogP contribution is 2.21. The molecule has 1 aromatic heterocycles. The normalized spacial score (nSPS) is 10.7. The van der Waals surface area contributed by atoms with Crippen LogP contribution in [0.5, 0.6) is 0 Å². The molecule has 6 heteroatoms. The van der Waals surface area contributed by atoms with Crippen LogP contribution in [0, 0.1) is 6.92 Å². The van der Waals surface area contributed by atoms with Gasteiger partial charge in [-0.2, -0.15) is 0 Å². The van der Waals surface area contributed by atoms with Gasteiger partial charge in [0.05, 0.1) is 23.9 Å². The van der Waals surface area contributed by atoms with E-state index < -0.39 is 0 Å². The van der Waals surface area contributed by atoms with Crippen LogP contribution in [0.15, 0.2) is 29.6 Å². The van der Waals surface area contributed by atoms with E-state index in [4.69, 9.17) is 9.47 Å². The van der Waals surface area contributed by atoms with E-state index in [2.05, 4.69) is 39.9 Å². The van der Waals surface area contributed by atoms with E-state index in [9.17, 15) is 4.79 Å². The molecule has 1 heterocycles. The van der Waals surface area contributed by atoms with Crippen molar-refractivity contribution in [1.29, 1.82) is 0 Å². The molecule has 0 atom stereocenters. The molecule has 0 aliphatic carbocycles. The molecule has 0 aliphatic heterocycles. The third-order valence-electron chi connectivity index (χ3n) is 3.27. The SMILES string of the molecule is COCCOCC(=O)NCCc1ccc(-c2csc(C)n2)cc1. The fourth-order valence-electron chi connectivity index (χ4n) is 2.04. The predicted molar refractivity (Wildman–Crippen MR) is 91.7 cm³/mol. The Morgan fingerprint density at radius 3 is 2.70 bits per heavy atom. The minimum absolute atomic E-state index is 0.0749. The van der Waals surface area contributed by atoms with Gasteiger partial charge in [-0.3, -0.25) is 4.79 Å². The number of hydrogen-bond acceptors (Lipinski definition) is 5. The zero-order valence-corrected chi connectivity index (χ0v) is 14.3. The van der Waals surface area contributed by atoms with Crippen LogP contribution in [0.4, 0.5) is 0 Å². The molecular weight excluding hydrogens is 312 g/mol. The van der Waals surface area contributed by atoms with Gasteiger partial charge in [0.2, 0.25) is 5.91 Å². The lowest BCUT2D eigenvalue weighted by Crippen LogP contribution is -2.29. The molecule has 124 valence electrons. The Morgan fingerprint density at radius 1 is 1.26 bits per heavy atom. The standard InChI is InChI=1S/C17H22N2O3S/c1-13-19-16(12-23-13)15-5-3-14(4-6-15)7-8-18-17(20)11-22-10-9-21-2/h3-6,12H,7-11H2,1-2H3,(H,18,20).